The Bertz CT molecular complexity index is 1440. The van der Waals surface area contributed by atoms with Crippen molar-refractivity contribution in [3.63, 3.8) is 0 Å². The number of rotatable bonds is 6. The molecule has 1 aliphatic carbocycles. The number of amides is 2. The summed E-state index contributed by atoms with van der Waals surface area (Å²) in [5, 5.41) is 12.6. The van der Waals surface area contributed by atoms with Gasteiger partial charge in [0.2, 0.25) is 5.43 Å². The molecule has 0 bridgehead atoms. The predicted octanol–water partition coefficient (Wildman–Crippen LogP) is 3.09. The Morgan fingerprint density at radius 1 is 1.19 bits per heavy atom. The smallest absolute Gasteiger partial charge is 0.274 e. The Hall–Kier alpha value is -3.69. The minimum atomic E-state index is -0.745. The molecule has 37 heavy (non-hydrogen) atoms. The van der Waals surface area contributed by atoms with Crippen molar-refractivity contribution in [1.82, 2.24) is 14.8 Å². The summed E-state index contributed by atoms with van der Waals surface area (Å²) in [5.74, 6) is -2.05. The van der Waals surface area contributed by atoms with Crippen molar-refractivity contribution < 1.29 is 23.8 Å². The van der Waals surface area contributed by atoms with E-state index in [2.05, 4.69) is 5.32 Å². The molecule has 2 aromatic carbocycles. The molecule has 10 heteroatoms. The summed E-state index contributed by atoms with van der Waals surface area (Å²) in [5.41, 5.74) is -0.687. The van der Waals surface area contributed by atoms with Crippen LogP contribution in [-0.4, -0.2) is 46.1 Å². The number of nitrogens with one attached hydrogen (secondary N) is 1. The molecular weight excluding hydrogens is 501 g/mol. The maximum Gasteiger partial charge on any atom is 0.274 e. The zero-order valence-electron chi connectivity index (χ0n) is 20.0. The number of likely N-dealkylation sites (N-methyl/N-ethyl adjacent to an activating group) is 1. The topological polar surface area (TPSA) is 101 Å². The number of aliphatic hydroxyl groups is 1. The number of aliphatic hydroxyl groups excluding tert-OH is 1. The van der Waals surface area contributed by atoms with Crippen molar-refractivity contribution >= 4 is 23.4 Å². The van der Waals surface area contributed by atoms with Crippen LogP contribution in [0.4, 0.5) is 4.39 Å². The van der Waals surface area contributed by atoms with Gasteiger partial charge in [0.15, 0.2) is 11.4 Å². The third-order valence-corrected chi connectivity index (χ3v) is 7.22. The number of carbonyl (C=O) groups is 2. The van der Waals surface area contributed by atoms with Gasteiger partial charge in [0, 0.05) is 31.9 Å². The lowest BCUT2D eigenvalue weighted by Gasteiger charge is -2.52. The number of fused-ring (bicyclic) bond motifs is 2. The fourth-order valence-corrected chi connectivity index (χ4v) is 5.25. The number of pyridine rings is 1. The molecule has 5 rings (SSSR count). The number of ether oxygens (including phenoxy) is 1. The van der Waals surface area contributed by atoms with Crippen LogP contribution in [0.15, 0.2) is 59.5 Å². The molecule has 2 amide bonds. The van der Waals surface area contributed by atoms with E-state index in [1.807, 2.05) is 30.3 Å². The lowest BCUT2D eigenvalue weighted by Crippen LogP contribution is -2.61. The average Bonchev–Trinajstić information content (AvgIpc) is 2.86. The number of hydrogen-bond acceptors (Lipinski definition) is 5. The maximum atomic E-state index is 14.3. The standard InChI is InChI=1S/C27H25ClFN3O5/c1-31-15-27(10-18(33)11-27)32-13-19(25(35)30-12-17-8-5-9-20(28)21(17)29)23(34)24(22(32)26(31)36)37-14-16-6-3-2-4-7-16/h2-9,13,18,33H,10-12,14-15H2,1H3,(H,30,35)/t18-,27+. The Morgan fingerprint density at radius 2 is 1.92 bits per heavy atom. The number of hydrogen-bond donors (Lipinski definition) is 2. The molecule has 0 saturated heterocycles. The number of halogens is 2. The molecule has 8 nitrogen and oxygen atoms in total. The van der Waals surface area contributed by atoms with Crippen LogP contribution in [0.3, 0.4) is 0 Å². The summed E-state index contributed by atoms with van der Waals surface area (Å²) >= 11 is 5.83. The van der Waals surface area contributed by atoms with Crippen LogP contribution in [0.2, 0.25) is 5.02 Å². The highest BCUT2D eigenvalue weighted by molar-refractivity contribution is 6.30. The van der Waals surface area contributed by atoms with Gasteiger partial charge in [-0.05, 0) is 24.5 Å². The first-order chi connectivity index (χ1) is 17.7. The molecule has 1 spiro atoms. The second kappa shape index (κ2) is 9.64. The van der Waals surface area contributed by atoms with Crippen molar-refractivity contribution in [3.8, 4) is 5.75 Å². The molecule has 0 atom stereocenters. The Morgan fingerprint density at radius 3 is 2.62 bits per heavy atom. The Balaban J connectivity index is 1.56. The average molecular weight is 526 g/mol. The van der Waals surface area contributed by atoms with Crippen molar-refractivity contribution in [1.29, 1.82) is 0 Å². The highest BCUT2D eigenvalue weighted by atomic mass is 35.5. The van der Waals surface area contributed by atoms with Crippen LogP contribution >= 0.6 is 11.6 Å². The van der Waals surface area contributed by atoms with E-state index in [0.29, 0.717) is 19.4 Å². The number of aromatic nitrogens is 1. The molecule has 1 aliphatic heterocycles. The van der Waals surface area contributed by atoms with E-state index >= 15 is 0 Å². The van der Waals surface area contributed by atoms with E-state index in [9.17, 15) is 23.9 Å². The van der Waals surface area contributed by atoms with Crippen LogP contribution in [-0.2, 0) is 18.7 Å². The lowest BCUT2D eigenvalue weighted by molar-refractivity contribution is -0.0455. The van der Waals surface area contributed by atoms with Gasteiger partial charge in [-0.1, -0.05) is 54.1 Å². The lowest BCUT2D eigenvalue weighted by atomic mass is 9.72. The fourth-order valence-electron chi connectivity index (χ4n) is 5.06. The number of nitrogens with zero attached hydrogens (tertiary/aromatic N) is 2. The first-order valence-electron chi connectivity index (χ1n) is 11.8. The van der Waals surface area contributed by atoms with Gasteiger partial charge in [-0.15, -0.1) is 0 Å². The van der Waals surface area contributed by atoms with E-state index in [-0.39, 0.29) is 40.7 Å². The highest BCUT2D eigenvalue weighted by Crippen LogP contribution is 2.44. The van der Waals surface area contributed by atoms with Crippen molar-refractivity contribution in [2.24, 2.45) is 0 Å². The Kier molecular flexibility index (Phi) is 6.51. The van der Waals surface area contributed by atoms with E-state index in [1.54, 1.807) is 17.7 Å². The van der Waals surface area contributed by atoms with Crippen LogP contribution in [0.5, 0.6) is 5.75 Å². The van der Waals surface area contributed by atoms with Gasteiger partial charge in [0.1, 0.15) is 18.0 Å². The highest BCUT2D eigenvalue weighted by Gasteiger charge is 2.51. The largest absolute Gasteiger partial charge is 0.483 e. The summed E-state index contributed by atoms with van der Waals surface area (Å²) in [7, 11) is 1.63. The summed E-state index contributed by atoms with van der Waals surface area (Å²) < 4.78 is 21.8. The van der Waals surface area contributed by atoms with Gasteiger partial charge in [-0.25, -0.2) is 4.39 Å². The van der Waals surface area contributed by atoms with E-state index < -0.39 is 34.7 Å². The minimum Gasteiger partial charge on any atom is -0.483 e. The zero-order valence-corrected chi connectivity index (χ0v) is 20.8. The molecule has 1 aromatic heterocycles. The normalized spacial score (nSPS) is 20.4. The molecular formula is C27H25ClFN3O5. The molecule has 2 heterocycles. The first-order valence-corrected chi connectivity index (χ1v) is 12.2. The van der Waals surface area contributed by atoms with Gasteiger partial charge in [-0.3, -0.25) is 14.4 Å². The van der Waals surface area contributed by atoms with Crippen LogP contribution < -0.4 is 15.5 Å². The van der Waals surface area contributed by atoms with Gasteiger partial charge in [0.05, 0.1) is 16.7 Å². The molecule has 1 fully saturated rings. The number of carbonyl (C=O) groups excluding carboxylic acids is 2. The molecule has 0 unspecified atom stereocenters. The monoisotopic (exact) mass is 525 g/mol. The third-order valence-electron chi connectivity index (χ3n) is 6.93. The molecule has 0 radical (unpaired) electrons. The summed E-state index contributed by atoms with van der Waals surface area (Å²) in [6.45, 7) is 0.123. The van der Waals surface area contributed by atoms with Gasteiger partial charge in [-0.2, -0.15) is 0 Å². The number of benzene rings is 2. The third kappa shape index (κ3) is 4.49. The summed E-state index contributed by atoms with van der Waals surface area (Å²) in [4.78, 5) is 41.5. The second-order valence-corrected chi connectivity index (χ2v) is 9.94. The van der Waals surface area contributed by atoms with Crippen molar-refractivity contribution in [3.05, 3.63) is 98.2 Å². The quantitative estimate of drug-likeness (QED) is 0.515. The van der Waals surface area contributed by atoms with Gasteiger partial charge < -0.3 is 24.6 Å². The summed E-state index contributed by atoms with van der Waals surface area (Å²) in [6.07, 6.45) is 1.50. The van der Waals surface area contributed by atoms with E-state index in [1.165, 1.54) is 23.2 Å². The summed E-state index contributed by atoms with van der Waals surface area (Å²) in [6, 6.07) is 13.6. The molecule has 2 aliphatic rings. The molecule has 3 aromatic rings. The first kappa shape index (κ1) is 25.0. The van der Waals surface area contributed by atoms with Crippen molar-refractivity contribution in [2.45, 2.75) is 37.6 Å². The Labute approximate surface area is 217 Å². The molecule has 192 valence electrons. The van der Waals surface area contributed by atoms with Crippen LogP contribution in [0.1, 0.15) is 44.8 Å². The van der Waals surface area contributed by atoms with Crippen LogP contribution in [0.25, 0.3) is 0 Å². The van der Waals surface area contributed by atoms with Crippen LogP contribution in [0, 0.1) is 5.82 Å². The minimum absolute atomic E-state index is 0.00843. The molecule has 1 saturated carbocycles. The fraction of sp³-hybridized carbons (Fsp3) is 0.296. The predicted molar refractivity (Wildman–Crippen MR) is 134 cm³/mol. The molecule has 2 N–H and O–H groups in total. The second-order valence-electron chi connectivity index (χ2n) is 9.54. The SMILES string of the molecule is CN1C[C@]2(C[C@H](O)C2)n2cc(C(=O)NCc3cccc(Cl)c3F)c(=O)c(OCc3ccccc3)c2C1=O. The zero-order chi connectivity index (χ0) is 26.3. The maximum absolute atomic E-state index is 14.3. The van der Waals surface area contributed by atoms with E-state index in [0.717, 1.165) is 5.56 Å². The van der Waals surface area contributed by atoms with E-state index in [4.69, 9.17) is 16.3 Å². The van der Waals surface area contributed by atoms with Gasteiger partial charge in [0.25, 0.3) is 11.8 Å². The van der Waals surface area contributed by atoms with Gasteiger partial charge >= 0.3 is 0 Å². The van der Waals surface area contributed by atoms with Crippen molar-refractivity contribution in [2.75, 3.05) is 13.6 Å².